The standard InChI is InChI=1S/C9H17NO6/c1-2-5(12)10-6-8(14)7(13)4(3-11)16-9(6)15/h4,6-9,11,13-15H,2-3H2,1H3,(H,10,12)/t4?,6-,7-,8?,9?/m1/s1. The van der Waals surface area contributed by atoms with Crippen LogP contribution in [0.3, 0.4) is 0 Å². The van der Waals surface area contributed by atoms with E-state index in [9.17, 15) is 20.1 Å². The molecule has 1 fully saturated rings. The van der Waals surface area contributed by atoms with Gasteiger partial charge in [0, 0.05) is 6.42 Å². The van der Waals surface area contributed by atoms with Gasteiger partial charge in [0.15, 0.2) is 6.29 Å². The number of amides is 1. The van der Waals surface area contributed by atoms with Gasteiger partial charge in [-0.1, -0.05) is 6.92 Å². The zero-order chi connectivity index (χ0) is 12.3. The molecule has 1 aliphatic heterocycles. The Bertz CT molecular complexity index is 248. The number of ether oxygens (including phenoxy) is 1. The summed E-state index contributed by atoms with van der Waals surface area (Å²) in [6, 6.07) is -1.09. The van der Waals surface area contributed by atoms with E-state index in [0.29, 0.717) is 0 Å². The van der Waals surface area contributed by atoms with E-state index in [0.717, 1.165) is 0 Å². The minimum absolute atomic E-state index is 0.190. The molecule has 0 saturated carbocycles. The highest BCUT2D eigenvalue weighted by atomic mass is 16.6. The van der Waals surface area contributed by atoms with Gasteiger partial charge in [-0.15, -0.1) is 0 Å². The molecule has 16 heavy (non-hydrogen) atoms. The van der Waals surface area contributed by atoms with Gasteiger partial charge >= 0.3 is 0 Å². The second kappa shape index (κ2) is 5.55. The highest BCUT2D eigenvalue weighted by Gasteiger charge is 2.44. The molecule has 0 aromatic carbocycles. The smallest absolute Gasteiger partial charge is 0.220 e. The third-order valence-electron chi connectivity index (χ3n) is 2.55. The molecule has 1 saturated heterocycles. The molecule has 5 N–H and O–H groups in total. The lowest BCUT2D eigenvalue weighted by Gasteiger charge is -2.40. The maximum absolute atomic E-state index is 11.1. The Morgan fingerprint density at radius 1 is 1.31 bits per heavy atom. The Morgan fingerprint density at radius 2 is 1.94 bits per heavy atom. The van der Waals surface area contributed by atoms with Crippen molar-refractivity contribution in [1.82, 2.24) is 5.32 Å². The second-order valence-electron chi connectivity index (χ2n) is 3.68. The number of hydrogen-bond donors (Lipinski definition) is 5. The minimum Gasteiger partial charge on any atom is -0.394 e. The maximum atomic E-state index is 11.1. The molecule has 0 aliphatic carbocycles. The SMILES string of the molecule is CCC(=O)N[C@H]1C(O)OC(CO)[C@@H](O)C1O. The Kier molecular flexibility index (Phi) is 4.63. The molecule has 1 amide bonds. The van der Waals surface area contributed by atoms with Crippen LogP contribution in [0.25, 0.3) is 0 Å². The van der Waals surface area contributed by atoms with Crippen molar-refractivity contribution in [1.29, 1.82) is 0 Å². The fraction of sp³-hybridized carbons (Fsp3) is 0.889. The van der Waals surface area contributed by atoms with Crippen molar-refractivity contribution in [3.63, 3.8) is 0 Å². The molecule has 94 valence electrons. The summed E-state index contributed by atoms with van der Waals surface area (Å²) in [6.07, 6.45) is -5.05. The number of aliphatic hydroxyl groups excluding tert-OH is 4. The van der Waals surface area contributed by atoms with Crippen LogP contribution in [0.2, 0.25) is 0 Å². The second-order valence-corrected chi connectivity index (χ2v) is 3.68. The molecular weight excluding hydrogens is 218 g/mol. The molecule has 0 aromatic heterocycles. The number of aliphatic hydroxyl groups is 4. The predicted molar refractivity (Wildman–Crippen MR) is 52.2 cm³/mol. The summed E-state index contributed by atoms with van der Waals surface area (Å²) in [5, 5.41) is 39.8. The quantitative estimate of drug-likeness (QED) is 0.363. The van der Waals surface area contributed by atoms with Gasteiger partial charge in [0.25, 0.3) is 0 Å². The van der Waals surface area contributed by atoms with Gasteiger partial charge in [-0.25, -0.2) is 0 Å². The van der Waals surface area contributed by atoms with E-state index in [-0.39, 0.29) is 12.3 Å². The molecule has 5 atom stereocenters. The number of rotatable bonds is 3. The van der Waals surface area contributed by atoms with E-state index in [2.05, 4.69) is 5.32 Å². The van der Waals surface area contributed by atoms with Gasteiger partial charge in [-0.2, -0.15) is 0 Å². The predicted octanol–water partition coefficient (Wildman–Crippen LogP) is -2.69. The van der Waals surface area contributed by atoms with Crippen LogP contribution in [0.1, 0.15) is 13.3 Å². The van der Waals surface area contributed by atoms with Crippen LogP contribution in [-0.2, 0) is 9.53 Å². The fourth-order valence-electron chi connectivity index (χ4n) is 1.54. The molecule has 0 spiro atoms. The van der Waals surface area contributed by atoms with Crippen LogP contribution in [-0.4, -0.2) is 63.6 Å². The van der Waals surface area contributed by atoms with Crippen molar-refractivity contribution in [2.24, 2.45) is 0 Å². The average Bonchev–Trinajstić information content (AvgIpc) is 2.28. The van der Waals surface area contributed by atoms with Crippen LogP contribution in [0, 0.1) is 0 Å². The van der Waals surface area contributed by atoms with Crippen molar-refractivity contribution in [3.05, 3.63) is 0 Å². The zero-order valence-corrected chi connectivity index (χ0v) is 8.91. The molecule has 0 aromatic rings. The van der Waals surface area contributed by atoms with Gasteiger partial charge in [-0.3, -0.25) is 4.79 Å². The summed E-state index contributed by atoms with van der Waals surface area (Å²) in [5.74, 6) is -0.374. The minimum atomic E-state index is -1.45. The lowest BCUT2D eigenvalue weighted by Crippen LogP contribution is -2.64. The average molecular weight is 235 g/mol. The Balaban J connectivity index is 2.67. The van der Waals surface area contributed by atoms with Gasteiger partial charge in [0.1, 0.15) is 24.4 Å². The summed E-state index contributed by atoms with van der Waals surface area (Å²) < 4.78 is 4.86. The third kappa shape index (κ3) is 2.69. The Hall–Kier alpha value is -0.730. The van der Waals surface area contributed by atoms with Crippen molar-refractivity contribution in [3.8, 4) is 0 Å². The summed E-state index contributed by atoms with van der Waals surface area (Å²) >= 11 is 0. The highest BCUT2D eigenvalue weighted by molar-refractivity contribution is 5.76. The monoisotopic (exact) mass is 235 g/mol. The Morgan fingerprint density at radius 3 is 2.44 bits per heavy atom. The highest BCUT2D eigenvalue weighted by Crippen LogP contribution is 2.19. The number of hydrogen-bond acceptors (Lipinski definition) is 6. The summed E-state index contributed by atoms with van der Waals surface area (Å²) in [5.41, 5.74) is 0. The lowest BCUT2D eigenvalue weighted by molar-refractivity contribution is -0.253. The van der Waals surface area contributed by atoms with Gasteiger partial charge in [0.2, 0.25) is 5.91 Å². The molecule has 0 bridgehead atoms. The van der Waals surface area contributed by atoms with E-state index >= 15 is 0 Å². The van der Waals surface area contributed by atoms with E-state index in [4.69, 9.17) is 9.84 Å². The topological polar surface area (TPSA) is 119 Å². The van der Waals surface area contributed by atoms with Crippen molar-refractivity contribution in [2.75, 3.05) is 6.61 Å². The van der Waals surface area contributed by atoms with Crippen LogP contribution >= 0.6 is 0 Å². The Labute approximate surface area is 92.7 Å². The summed E-state index contributed by atoms with van der Waals surface area (Å²) in [4.78, 5) is 11.1. The first kappa shape index (κ1) is 13.3. The van der Waals surface area contributed by atoms with Crippen LogP contribution in [0.5, 0.6) is 0 Å². The lowest BCUT2D eigenvalue weighted by atomic mass is 9.97. The molecule has 1 rings (SSSR count). The summed E-state index contributed by atoms with van der Waals surface area (Å²) in [7, 11) is 0. The third-order valence-corrected chi connectivity index (χ3v) is 2.55. The first-order valence-electron chi connectivity index (χ1n) is 5.11. The van der Waals surface area contributed by atoms with Gasteiger partial charge in [0.05, 0.1) is 6.61 Å². The summed E-state index contributed by atoms with van der Waals surface area (Å²) in [6.45, 7) is 1.09. The first-order chi connectivity index (χ1) is 7.51. The fourth-order valence-corrected chi connectivity index (χ4v) is 1.54. The number of nitrogens with one attached hydrogen (secondary N) is 1. The maximum Gasteiger partial charge on any atom is 0.220 e. The molecule has 0 radical (unpaired) electrons. The number of carbonyl (C=O) groups excluding carboxylic acids is 1. The first-order valence-corrected chi connectivity index (χ1v) is 5.11. The van der Waals surface area contributed by atoms with E-state index in [1.807, 2.05) is 0 Å². The van der Waals surface area contributed by atoms with E-state index in [1.54, 1.807) is 6.92 Å². The van der Waals surface area contributed by atoms with Crippen LogP contribution in [0.4, 0.5) is 0 Å². The van der Waals surface area contributed by atoms with Crippen molar-refractivity contribution >= 4 is 5.91 Å². The van der Waals surface area contributed by atoms with E-state index < -0.39 is 37.3 Å². The molecule has 7 heteroatoms. The largest absolute Gasteiger partial charge is 0.394 e. The zero-order valence-electron chi connectivity index (χ0n) is 8.91. The van der Waals surface area contributed by atoms with Crippen molar-refractivity contribution < 1.29 is 30.0 Å². The van der Waals surface area contributed by atoms with Crippen LogP contribution in [0.15, 0.2) is 0 Å². The normalized spacial score (nSPS) is 39.4. The van der Waals surface area contributed by atoms with Crippen molar-refractivity contribution in [2.45, 2.75) is 44.0 Å². The van der Waals surface area contributed by atoms with E-state index in [1.165, 1.54) is 0 Å². The molecule has 7 nitrogen and oxygen atoms in total. The molecule has 1 heterocycles. The van der Waals surface area contributed by atoms with Gasteiger partial charge < -0.3 is 30.5 Å². The molecule has 3 unspecified atom stereocenters. The molecule has 1 aliphatic rings. The molecular formula is C9H17NO6. The van der Waals surface area contributed by atoms with Crippen LogP contribution < -0.4 is 5.32 Å². The number of carbonyl (C=O) groups is 1. The van der Waals surface area contributed by atoms with Gasteiger partial charge in [-0.05, 0) is 0 Å².